The maximum absolute atomic E-state index is 4.90. The van der Waals surface area contributed by atoms with Crippen LogP contribution in [0, 0.1) is 6.92 Å². The van der Waals surface area contributed by atoms with Crippen molar-refractivity contribution in [3.63, 3.8) is 0 Å². The minimum absolute atomic E-state index is 0.132. The molecule has 0 saturated carbocycles. The summed E-state index contributed by atoms with van der Waals surface area (Å²) in [7, 11) is 0. The van der Waals surface area contributed by atoms with E-state index in [1.54, 1.807) is 0 Å². The fourth-order valence-corrected chi connectivity index (χ4v) is 5.78. The Morgan fingerprint density at radius 3 is 2.31 bits per heavy atom. The van der Waals surface area contributed by atoms with E-state index in [4.69, 9.17) is 4.98 Å². The Morgan fingerprint density at radius 2 is 1.62 bits per heavy atom. The lowest BCUT2D eigenvalue weighted by Gasteiger charge is -2.48. The van der Waals surface area contributed by atoms with Crippen LogP contribution in [0.1, 0.15) is 70.6 Å². The van der Waals surface area contributed by atoms with E-state index in [9.17, 15) is 0 Å². The molecule has 0 spiro atoms. The number of nitrogens with zero attached hydrogens (tertiary/aromatic N) is 3. The molecule has 1 unspecified atom stereocenters. The summed E-state index contributed by atoms with van der Waals surface area (Å²) in [5.74, 6) is 1.08. The number of fused-ring (bicyclic) bond motifs is 5. The summed E-state index contributed by atoms with van der Waals surface area (Å²) in [6.07, 6.45) is 5.53. The van der Waals surface area contributed by atoms with E-state index in [1.807, 2.05) is 6.20 Å². The molecule has 1 atom stereocenters. The minimum Gasteiger partial charge on any atom is -0.317 e. The Labute approximate surface area is 193 Å². The van der Waals surface area contributed by atoms with Crippen molar-refractivity contribution in [3.05, 3.63) is 77.5 Å². The first kappa shape index (κ1) is 21.1. The molecule has 0 fully saturated rings. The average molecular weight is 426 g/mol. The van der Waals surface area contributed by atoms with E-state index in [0.717, 1.165) is 25.1 Å². The number of aromatic nitrogens is 1. The first-order valence-corrected chi connectivity index (χ1v) is 12.0. The Hall–Kier alpha value is -2.81. The Kier molecular flexibility index (Phi) is 4.85. The third kappa shape index (κ3) is 2.97. The van der Waals surface area contributed by atoms with Crippen molar-refractivity contribution in [2.75, 3.05) is 9.80 Å². The van der Waals surface area contributed by atoms with Gasteiger partial charge in [0, 0.05) is 23.0 Å². The highest BCUT2D eigenvalue weighted by atomic mass is 15.5. The van der Waals surface area contributed by atoms with E-state index in [0.29, 0.717) is 0 Å². The number of hydrogen-bond donors (Lipinski definition) is 0. The second kappa shape index (κ2) is 7.37. The zero-order chi connectivity index (χ0) is 22.7. The van der Waals surface area contributed by atoms with Crippen LogP contribution in [0.3, 0.4) is 0 Å². The minimum atomic E-state index is 0.132. The summed E-state index contributed by atoms with van der Waals surface area (Å²) in [4.78, 5) is 9.95. The Bertz CT molecular complexity index is 1150. The van der Waals surface area contributed by atoms with Crippen LogP contribution in [-0.4, -0.2) is 11.1 Å². The molecule has 3 aromatic rings. The van der Waals surface area contributed by atoms with Gasteiger partial charge in [-0.1, -0.05) is 65.0 Å². The molecule has 0 radical (unpaired) electrons. The van der Waals surface area contributed by atoms with E-state index < -0.39 is 0 Å². The van der Waals surface area contributed by atoms with Crippen molar-refractivity contribution in [1.29, 1.82) is 0 Å². The maximum Gasteiger partial charge on any atom is 0.158 e. The van der Waals surface area contributed by atoms with Crippen LogP contribution < -0.4 is 9.80 Å². The first-order valence-electron chi connectivity index (χ1n) is 12.0. The fourth-order valence-electron chi connectivity index (χ4n) is 5.78. The van der Waals surface area contributed by atoms with Gasteiger partial charge in [0.15, 0.2) is 5.82 Å². The molecule has 3 nitrogen and oxygen atoms in total. The molecule has 0 N–H and O–H groups in total. The van der Waals surface area contributed by atoms with Gasteiger partial charge in [0.1, 0.15) is 6.17 Å². The van der Waals surface area contributed by atoms with Crippen molar-refractivity contribution >= 4 is 22.9 Å². The van der Waals surface area contributed by atoms with Gasteiger partial charge in [0.2, 0.25) is 0 Å². The van der Waals surface area contributed by atoms with Gasteiger partial charge in [-0.25, -0.2) is 4.98 Å². The summed E-state index contributed by atoms with van der Waals surface area (Å²) in [5, 5.41) is 0. The smallest absolute Gasteiger partial charge is 0.158 e. The second-order valence-corrected chi connectivity index (χ2v) is 10.5. The van der Waals surface area contributed by atoms with Crippen LogP contribution in [0.25, 0.3) is 0 Å². The zero-order valence-electron chi connectivity index (χ0n) is 20.3. The molecule has 3 heteroatoms. The number of aryl methyl sites for hydroxylation is 1. The second-order valence-electron chi connectivity index (χ2n) is 10.5. The Balaban J connectivity index is 1.77. The predicted octanol–water partition coefficient (Wildman–Crippen LogP) is 7.76. The van der Waals surface area contributed by atoms with Crippen LogP contribution in [0.4, 0.5) is 22.9 Å². The molecule has 2 aliphatic rings. The molecule has 166 valence electrons. The number of rotatable bonds is 3. The number of pyridine rings is 1. The van der Waals surface area contributed by atoms with Crippen molar-refractivity contribution in [2.24, 2.45) is 0 Å². The third-order valence-corrected chi connectivity index (χ3v) is 7.85. The van der Waals surface area contributed by atoms with Gasteiger partial charge in [-0.2, -0.15) is 0 Å². The summed E-state index contributed by atoms with van der Waals surface area (Å²) < 4.78 is 0. The summed E-state index contributed by atoms with van der Waals surface area (Å²) >= 11 is 0. The van der Waals surface area contributed by atoms with E-state index in [1.165, 1.54) is 33.8 Å². The van der Waals surface area contributed by atoms with Gasteiger partial charge < -0.3 is 9.80 Å². The highest BCUT2D eigenvalue weighted by Gasteiger charge is 2.49. The van der Waals surface area contributed by atoms with Gasteiger partial charge in [-0.05, 0) is 72.6 Å². The lowest BCUT2D eigenvalue weighted by atomic mass is 9.68. The quantitative estimate of drug-likeness (QED) is 0.427. The summed E-state index contributed by atoms with van der Waals surface area (Å²) in [5.41, 5.74) is 8.32. The number of anilines is 4. The van der Waals surface area contributed by atoms with E-state index in [-0.39, 0.29) is 17.0 Å². The predicted molar refractivity (Wildman–Crippen MR) is 136 cm³/mol. The maximum atomic E-state index is 4.90. The van der Waals surface area contributed by atoms with Crippen molar-refractivity contribution in [3.8, 4) is 0 Å². The van der Waals surface area contributed by atoms with Crippen molar-refractivity contribution in [2.45, 2.75) is 77.8 Å². The molecule has 2 aliphatic heterocycles. The molecule has 0 aliphatic carbocycles. The summed E-state index contributed by atoms with van der Waals surface area (Å²) in [6, 6.07) is 20.2. The highest BCUT2D eigenvalue weighted by molar-refractivity contribution is 5.88. The van der Waals surface area contributed by atoms with Crippen LogP contribution >= 0.6 is 0 Å². The fraction of sp³-hybridized carbons (Fsp3) is 0.414. The van der Waals surface area contributed by atoms with Crippen LogP contribution in [0.5, 0.6) is 0 Å². The third-order valence-electron chi connectivity index (χ3n) is 7.85. The molecule has 32 heavy (non-hydrogen) atoms. The lowest BCUT2D eigenvalue weighted by molar-refractivity contribution is 0.321. The molecule has 5 rings (SSSR count). The van der Waals surface area contributed by atoms with Gasteiger partial charge in [0.05, 0.1) is 5.69 Å². The highest BCUT2D eigenvalue weighted by Crippen LogP contribution is 2.57. The van der Waals surface area contributed by atoms with Gasteiger partial charge in [-0.3, -0.25) is 0 Å². The molecule has 2 aromatic carbocycles. The monoisotopic (exact) mass is 425 g/mol. The topological polar surface area (TPSA) is 19.4 Å². The van der Waals surface area contributed by atoms with Crippen LogP contribution in [0.15, 0.2) is 60.8 Å². The van der Waals surface area contributed by atoms with E-state index in [2.05, 4.69) is 106 Å². The van der Waals surface area contributed by atoms with Crippen LogP contribution in [0.2, 0.25) is 0 Å². The SMILES string of the molecule is CCC1(CC)CC2N(c3ccccc3C)c3cccnc3N2c2ccc(C(C)(C)C)cc21. The molecule has 0 saturated heterocycles. The molecule has 0 bridgehead atoms. The normalized spacial score (nSPS) is 18.9. The average Bonchev–Trinajstić information content (AvgIpc) is 3.11. The van der Waals surface area contributed by atoms with Gasteiger partial charge in [0.25, 0.3) is 0 Å². The number of benzene rings is 2. The summed E-state index contributed by atoms with van der Waals surface area (Å²) in [6.45, 7) is 13.9. The molecular formula is C29H35N3. The van der Waals surface area contributed by atoms with Gasteiger partial charge in [-0.15, -0.1) is 0 Å². The van der Waals surface area contributed by atoms with E-state index >= 15 is 0 Å². The van der Waals surface area contributed by atoms with Crippen molar-refractivity contribution in [1.82, 2.24) is 4.98 Å². The Morgan fingerprint density at radius 1 is 0.906 bits per heavy atom. The lowest BCUT2D eigenvalue weighted by Crippen LogP contribution is -2.49. The van der Waals surface area contributed by atoms with Crippen LogP contribution in [-0.2, 0) is 10.8 Å². The standard InChI is InChI=1S/C29H35N3/c1-7-29(8-2)19-26-31(23-13-10-9-12-20(23)3)25-14-11-17-30-27(25)32(26)24-16-15-21(18-22(24)29)28(4,5)6/h9-18,26H,7-8,19H2,1-6H3. The van der Waals surface area contributed by atoms with Crippen molar-refractivity contribution < 1.29 is 0 Å². The molecule has 1 aromatic heterocycles. The zero-order valence-corrected chi connectivity index (χ0v) is 20.3. The number of hydrogen-bond acceptors (Lipinski definition) is 3. The molecule has 3 heterocycles. The first-order chi connectivity index (χ1) is 15.3. The molecule has 0 amide bonds. The largest absolute Gasteiger partial charge is 0.317 e. The number of para-hydroxylation sites is 1. The molecular weight excluding hydrogens is 390 g/mol. The van der Waals surface area contributed by atoms with Gasteiger partial charge >= 0.3 is 0 Å².